The van der Waals surface area contributed by atoms with E-state index in [9.17, 15) is 9.90 Å². The number of aromatic nitrogens is 3. The Morgan fingerprint density at radius 2 is 1.97 bits per heavy atom. The van der Waals surface area contributed by atoms with Crippen LogP contribution in [-0.4, -0.2) is 46.3 Å². The highest BCUT2D eigenvalue weighted by Crippen LogP contribution is 2.54. The molecule has 4 aromatic rings. The van der Waals surface area contributed by atoms with Gasteiger partial charge in [0.15, 0.2) is 5.69 Å². The number of hydrogen-bond acceptors (Lipinski definition) is 7. The molecular weight excluding hydrogens is 539 g/mol. The fraction of sp³-hybridized carbons (Fsp3) is 0.310. The van der Waals surface area contributed by atoms with Gasteiger partial charge >= 0.3 is 5.97 Å². The van der Waals surface area contributed by atoms with Gasteiger partial charge in [-0.25, -0.2) is 9.78 Å². The van der Waals surface area contributed by atoms with Crippen molar-refractivity contribution < 1.29 is 23.3 Å². The Bertz CT molecular complexity index is 1740. The summed E-state index contributed by atoms with van der Waals surface area (Å²) in [5.74, 6) is 1.25. The van der Waals surface area contributed by atoms with Crippen molar-refractivity contribution in [3.63, 3.8) is 0 Å². The molecule has 1 aliphatic heterocycles. The zero-order chi connectivity index (χ0) is 29.3. The van der Waals surface area contributed by atoms with Gasteiger partial charge in [-0.3, -0.25) is 4.98 Å². The molecule has 8 nitrogen and oxygen atoms in total. The Morgan fingerprint density at radius 1 is 1.21 bits per heavy atom. The van der Waals surface area contributed by atoms with Crippen LogP contribution in [0.5, 0.6) is 5.75 Å². The monoisotopic (exact) mass is 565 g/mol. The zero-order valence-electron chi connectivity index (χ0n) is 23.5. The van der Waals surface area contributed by atoms with Crippen molar-refractivity contribution in [3.8, 4) is 17.0 Å². The predicted octanol–water partition coefficient (Wildman–Crippen LogP) is 6.57. The van der Waals surface area contributed by atoms with E-state index >= 15 is 0 Å². The van der Waals surface area contributed by atoms with Crippen LogP contribution in [0.4, 0.5) is 5.69 Å². The van der Waals surface area contributed by atoms with E-state index in [0.717, 1.165) is 49.0 Å². The number of rotatable bonds is 7. The number of methoxy groups -OCH3 is 1. The van der Waals surface area contributed by atoms with Crippen LogP contribution in [0.2, 0.25) is 10.0 Å². The van der Waals surface area contributed by atoms with Crippen LogP contribution in [-0.2, 0) is 0 Å². The minimum atomic E-state index is -2.73. The molecule has 3 aromatic heterocycles. The number of halogens is 2. The Hall–Kier alpha value is -3.62. The second kappa shape index (κ2) is 9.24. The van der Waals surface area contributed by atoms with Gasteiger partial charge in [-0.2, -0.15) is 0 Å². The normalized spacial score (nSPS) is 23.5. The smallest absolute Gasteiger partial charge is 0.354 e. The van der Waals surface area contributed by atoms with Crippen molar-refractivity contribution in [1.29, 1.82) is 0 Å². The van der Waals surface area contributed by atoms with Crippen LogP contribution in [0.15, 0.2) is 47.3 Å². The SMILES string of the molecule is [2H]C([2H])([2H])Oc1cc(C(=O)O)nc2ccc(N3CC4C(/C=C/c5c(-c6c(Cl)cncc6Cl)noc5C5CC5)C4C3)cc12. The molecule has 3 aliphatic rings. The van der Waals surface area contributed by atoms with Gasteiger partial charge in [-0.1, -0.05) is 40.5 Å². The second-order valence-corrected chi connectivity index (χ2v) is 11.2. The number of pyridine rings is 2. The fourth-order valence-electron chi connectivity index (χ4n) is 5.78. The molecule has 1 N–H and O–H groups in total. The number of aromatic carboxylic acids is 1. The summed E-state index contributed by atoms with van der Waals surface area (Å²) in [6.07, 6.45) is 9.56. The molecule has 39 heavy (non-hydrogen) atoms. The molecule has 3 fully saturated rings. The lowest BCUT2D eigenvalue weighted by Crippen LogP contribution is -2.23. The van der Waals surface area contributed by atoms with Crippen molar-refractivity contribution in [2.45, 2.75) is 18.8 Å². The lowest BCUT2D eigenvalue weighted by molar-refractivity contribution is 0.0690. The van der Waals surface area contributed by atoms with Gasteiger partial charge < -0.3 is 19.3 Å². The summed E-state index contributed by atoms with van der Waals surface area (Å²) in [7, 11) is -2.73. The maximum absolute atomic E-state index is 11.5. The Balaban J connectivity index is 1.11. The molecule has 0 radical (unpaired) electrons. The zero-order valence-corrected chi connectivity index (χ0v) is 22.0. The van der Waals surface area contributed by atoms with E-state index in [1.165, 1.54) is 0 Å². The number of hydrogen-bond donors (Lipinski definition) is 1. The number of carboxylic acids is 1. The molecule has 4 heterocycles. The number of piperidine rings is 1. The molecule has 2 unspecified atom stereocenters. The Morgan fingerprint density at radius 3 is 2.67 bits per heavy atom. The second-order valence-electron chi connectivity index (χ2n) is 10.3. The highest BCUT2D eigenvalue weighted by atomic mass is 35.5. The maximum atomic E-state index is 11.5. The van der Waals surface area contributed by atoms with Crippen molar-refractivity contribution in [1.82, 2.24) is 15.1 Å². The van der Waals surface area contributed by atoms with Gasteiger partial charge in [-0.05, 0) is 48.8 Å². The first-order valence-electron chi connectivity index (χ1n) is 14.2. The van der Waals surface area contributed by atoms with Gasteiger partial charge in [0.2, 0.25) is 0 Å². The van der Waals surface area contributed by atoms with Crippen molar-refractivity contribution in [3.05, 3.63) is 69.8 Å². The number of benzene rings is 1. The first kappa shape index (κ1) is 21.2. The molecule has 198 valence electrons. The Labute approximate surface area is 238 Å². The minimum absolute atomic E-state index is 0.0326. The third-order valence-corrected chi connectivity index (χ3v) is 8.56. The molecule has 10 heteroatoms. The highest BCUT2D eigenvalue weighted by molar-refractivity contribution is 6.39. The van der Waals surface area contributed by atoms with Crippen LogP contribution in [0.3, 0.4) is 0 Å². The molecule has 2 atom stereocenters. The average Bonchev–Trinajstić information content (AvgIpc) is 3.79. The van der Waals surface area contributed by atoms with Gasteiger partial charge in [0.05, 0.1) is 26.7 Å². The lowest BCUT2D eigenvalue weighted by atomic mass is 10.0. The summed E-state index contributed by atoms with van der Waals surface area (Å²) in [4.78, 5) is 22.0. The standard InChI is InChI=1S/C29H24Cl2N4O4/c1-38-25-9-24(29(36)37)33-23-7-4-15(8-18(23)25)35-12-19-16(20(19)13-35)5-6-17-27(34-39-28(17)14-2-3-14)26-21(30)10-32-11-22(26)31/h4-11,14,16,19-20H,2-3,12-13H2,1H3,(H,36,37)/b6-5+/i1D3. The first-order chi connectivity index (χ1) is 20.1. The molecule has 1 aromatic carbocycles. The van der Waals surface area contributed by atoms with Crippen LogP contribution in [0.25, 0.3) is 28.2 Å². The summed E-state index contributed by atoms with van der Waals surface area (Å²) in [6.45, 7) is 1.66. The van der Waals surface area contributed by atoms with E-state index < -0.39 is 13.0 Å². The first-order valence-corrected chi connectivity index (χ1v) is 13.4. The van der Waals surface area contributed by atoms with Crippen molar-refractivity contribution >= 4 is 51.8 Å². The predicted molar refractivity (Wildman–Crippen MR) is 149 cm³/mol. The molecular formula is C29H24Cl2N4O4. The van der Waals surface area contributed by atoms with E-state index in [1.54, 1.807) is 18.5 Å². The number of nitrogens with zero attached hydrogens (tertiary/aromatic N) is 4. The number of allylic oxidation sites excluding steroid dienone is 1. The number of carboxylic acid groups (broad SMARTS) is 1. The van der Waals surface area contributed by atoms with Gasteiger partial charge in [0.25, 0.3) is 0 Å². The lowest BCUT2D eigenvalue weighted by Gasteiger charge is -2.22. The van der Waals surface area contributed by atoms with Gasteiger partial charge in [0, 0.05) is 59.7 Å². The van der Waals surface area contributed by atoms with E-state index in [-0.39, 0.29) is 11.4 Å². The largest absolute Gasteiger partial charge is 0.496 e. The van der Waals surface area contributed by atoms with E-state index in [2.05, 4.69) is 32.2 Å². The summed E-state index contributed by atoms with van der Waals surface area (Å²) in [5.41, 5.74) is 3.14. The topological polar surface area (TPSA) is 102 Å². The summed E-state index contributed by atoms with van der Waals surface area (Å²) >= 11 is 12.9. The summed E-state index contributed by atoms with van der Waals surface area (Å²) in [6, 6.07) is 6.55. The number of fused-ring (bicyclic) bond motifs is 2. The number of carbonyl (C=O) groups is 1. The van der Waals surface area contributed by atoms with Crippen LogP contribution in [0.1, 0.15) is 44.7 Å². The molecule has 1 saturated heterocycles. The quantitative estimate of drug-likeness (QED) is 0.268. The molecule has 0 spiro atoms. The maximum Gasteiger partial charge on any atom is 0.354 e. The van der Waals surface area contributed by atoms with Crippen LogP contribution in [0, 0.1) is 17.8 Å². The summed E-state index contributed by atoms with van der Waals surface area (Å²) < 4.78 is 33.5. The third-order valence-electron chi connectivity index (χ3n) is 7.99. The van der Waals surface area contributed by atoms with Crippen molar-refractivity contribution in [2.24, 2.45) is 17.8 Å². The van der Waals surface area contributed by atoms with Crippen LogP contribution >= 0.6 is 23.2 Å². The van der Waals surface area contributed by atoms with Gasteiger partial charge in [-0.15, -0.1) is 0 Å². The fourth-order valence-corrected chi connectivity index (χ4v) is 6.32. The Kier molecular flexibility index (Phi) is 5.03. The van der Waals surface area contributed by atoms with E-state index in [4.69, 9.17) is 36.6 Å². The summed E-state index contributed by atoms with van der Waals surface area (Å²) in [5, 5.41) is 15.0. The minimum Gasteiger partial charge on any atom is -0.496 e. The molecule has 2 aliphatic carbocycles. The number of anilines is 1. The van der Waals surface area contributed by atoms with Crippen LogP contribution < -0.4 is 9.64 Å². The average molecular weight is 566 g/mol. The van der Waals surface area contributed by atoms with E-state index in [0.29, 0.717) is 55.9 Å². The highest BCUT2D eigenvalue weighted by Gasteiger charge is 2.54. The molecule has 0 bridgehead atoms. The molecule has 0 amide bonds. The van der Waals surface area contributed by atoms with E-state index in [1.807, 2.05) is 12.1 Å². The third kappa shape index (κ3) is 4.22. The molecule has 2 saturated carbocycles. The van der Waals surface area contributed by atoms with Gasteiger partial charge in [0.1, 0.15) is 17.2 Å². The molecule has 7 rings (SSSR count). The number of ether oxygens (including phenoxy) is 1. The van der Waals surface area contributed by atoms with Crippen molar-refractivity contribution in [2.75, 3.05) is 25.0 Å².